The summed E-state index contributed by atoms with van der Waals surface area (Å²) in [6.07, 6.45) is 0.157. The van der Waals surface area contributed by atoms with Crippen molar-refractivity contribution < 1.29 is 14.3 Å². The Bertz CT molecular complexity index is 591. The van der Waals surface area contributed by atoms with E-state index in [1.165, 1.54) is 0 Å². The van der Waals surface area contributed by atoms with E-state index in [4.69, 9.17) is 4.74 Å². The largest absolute Gasteiger partial charge is 0.420 e. The van der Waals surface area contributed by atoms with Crippen molar-refractivity contribution in [1.29, 1.82) is 0 Å². The maximum absolute atomic E-state index is 11.1. The van der Waals surface area contributed by atoms with Gasteiger partial charge in [0.1, 0.15) is 5.75 Å². The van der Waals surface area contributed by atoms with E-state index >= 15 is 0 Å². The van der Waals surface area contributed by atoms with Crippen LogP contribution in [0.25, 0.3) is 11.1 Å². The molecular weight excluding hydrogens is 308 g/mol. The first-order valence-corrected chi connectivity index (χ1v) is 6.78. The van der Waals surface area contributed by atoms with Gasteiger partial charge in [0.2, 0.25) is 6.29 Å². The van der Waals surface area contributed by atoms with Gasteiger partial charge in [-0.1, -0.05) is 58.4 Å². The molecule has 4 heteroatoms. The van der Waals surface area contributed by atoms with Crippen LogP contribution in [0.3, 0.4) is 0 Å². The fourth-order valence-corrected chi connectivity index (χ4v) is 2.07. The predicted molar refractivity (Wildman–Crippen MR) is 76.2 cm³/mol. The molecule has 0 aliphatic rings. The Labute approximate surface area is 119 Å². The number of carbonyl (C=O) groups is 2. The van der Waals surface area contributed by atoms with E-state index in [9.17, 15) is 9.59 Å². The van der Waals surface area contributed by atoms with Crippen LogP contribution in [0.4, 0.5) is 0 Å². The van der Waals surface area contributed by atoms with Gasteiger partial charge in [-0.2, -0.15) is 0 Å². The molecule has 0 spiro atoms. The van der Waals surface area contributed by atoms with Gasteiger partial charge in [-0.05, 0) is 17.2 Å². The van der Waals surface area contributed by atoms with Gasteiger partial charge in [0.15, 0.2) is 0 Å². The van der Waals surface area contributed by atoms with Gasteiger partial charge in [0.05, 0.1) is 0 Å². The van der Waals surface area contributed by atoms with E-state index in [0.29, 0.717) is 5.75 Å². The molecular formula is C15H11BrO3. The molecule has 0 atom stereocenters. The topological polar surface area (TPSA) is 43.4 Å². The Morgan fingerprint density at radius 2 is 1.79 bits per heavy atom. The second-order valence-electron chi connectivity index (χ2n) is 3.87. The smallest absolute Gasteiger partial charge is 0.376 e. The highest BCUT2D eigenvalue weighted by Gasteiger charge is 2.09. The van der Waals surface area contributed by atoms with Gasteiger partial charge in [-0.3, -0.25) is 4.79 Å². The summed E-state index contributed by atoms with van der Waals surface area (Å²) in [5.74, 6) is -0.518. The molecule has 0 aliphatic carbocycles. The van der Waals surface area contributed by atoms with Crippen LogP contribution in [-0.2, 0) is 14.9 Å². The number of esters is 1. The summed E-state index contributed by atoms with van der Waals surface area (Å²) < 4.78 is 4.99. The summed E-state index contributed by atoms with van der Waals surface area (Å²) >= 11 is 3.39. The van der Waals surface area contributed by atoms with E-state index in [0.717, 1.165) is 22.0 Å². The highest BCUT2D eigenvalue weighted by Crippen LogP contribution is 2.30. The fraction of sp³-hybridized carbons (Fsp3) is 0.0667. The molecule has 0 N–H and O–H groups in total. The summed E-state index contributed by atoms with van der Waals surface area (Å²) in [6, 6.07) is 15.0. The van der Waals surface area contributed by atoms with Crippen molar-refractivity contribution in [2.45, 2.75) is 5.33 Å². The van der Waals surface area contributed by atoms with E-state index < -0.39 is 5.97 Å². The first kappa shape index (κ1) is 13.5. The van der Waals surface area contributed by atoms with Crippen molar-refractivity contribution in [3.05, 3.63) is 54.1 Å². The summed E-state index contributed by atoms with van der Waals surface area (Å²) in [6.45, 7) is 0. The van der Waals surface area contributed by atoms with E-state index in [1.54, 1.807) is 12.1 Å². The normalized spacial score (nSPS) is 9.95. The van der Waals surface area contributed by atoms with Crippen molar-refractivity contribution in [2.75, 3.05) is 0 Å². The first-order valence-electron chi connectivity index (χ1n) is 5.66. The number of carbonyl (C=O) groups excluding carboxylic acids is 2. The summed E-state index contributed by atoms with van der Waals surface area (Å²) in [5, 5.41) is 0.787. The van der Waals surface area contributed by atoms with Crippen LogP contribution in [0.15, 0.2) is 48.5 Å². The molecule has 0 heterocycles. The van der Waals surface area contributed by atoms with Crippen LogP contribution in [0, 0.1) is 0 Å². The highest BCUT2D eigenvalue weighted by atomic mass is 79.9. The monoisotopic (exact) mass is 318 g/mol. The molecule has 0 aliphatic heterocycles. The molecule has 0 saturated heterocycles. The standard InChI is InChI=1S/C15H11BrO3/c16-9-11-5-7-12(8-6-11)13-3-1-2-4-14(13)19-15(18)10-17/h1-8,10H,9H2. The molecule has 2 aromatic rings. The van der Waals surface area contributed by atoms with Gasteiger partial charge in [-0.25, -0.2) is 4.79 Å². The fourth-order valence-electron chi connectivity index (χ4n) is 1.70. The van der Waals surface area contributed by atoms with Crippen molar-refractivity contribution in [1.82, 2.24) is 0 Å². The number of hydrogen-bond acceptors (Lipinski definition) is 3. The molecule has 2 rings (SSSR count). The number of rotatable bonds is 4. The van der Waals surface area contributed by atoms with Gasteiger partial charge in [0, 0.05) is 10.9 Å². The van der Waals surface area contributed by atoms with E-state index in [-0.39, 0.29) is 6.29 Å². The second-order valence-corrected chi connectivity index (χ2v) is 4.43. The zero-order chi connectivity index (χ0) is 13.7. The lowest BCUT2D eigenvalue weighted by atomic mass is 10.0. The first-order chi connectivity index (χ1) is 9.24. The van der Waals surface area contributed by atoms with Gasteiger partial charge < -0.3 is 4.74 Å². The van der Waals surface area contributed by atoms with Gasteiger partial charge >= 0.3 is 5.97 Å². The summed E-state index contributed by atoms with van der Waals surface area (Å²) in [5.41, 5.74) is 2.86. The van der Waals surface area contributed by atoms with Crippen molar-refractivity contribution in [2.24, 2.45) is 0 Å². The van der Waals surface area contributed by atoms with Crippen molar-refractivity contribution >= 4 is 28.2 Å². The van der Waals surface area contributed by atoms with Crippen LogP contribution in [-0.4, -0.2) is 12.3 Å². The summed E-state index contributed by atoms with van der Waals surface area (Å²) in [7, 11) is 0. The van der Waals surface area contributed by atoms with Crippen molar-refractivity contribution in [3.63, 3.8) is 0 Å². The molecule has 96 valence electrons. The molecule has 0 radical (unpaired) electrons. The number of aldehydes is 1. The number of alkyl halides is 1. The molecule has 3 nitrogen and oxygen atoms in total. The zero-order valence-corrected chi connectivity index (χ0v) is 11.6. The highest BCUT2D eigenvalue weighted by molar-refractivity contribution is 9.08. The zero-order valence-electron chi connectivity index (χ0n) is 10.0. The number of ether oxygens (including phenoxy) is 1. The SMILES string of the molecule is O=CC(=O)Oc1ccccc1-c1ccc(CBr)cc1. The van der Waals surface area contributed by atoms with Crippen LogP contribution < -0.4 is 4.74 Å². The minimum atomic E-state index is -0.899. The Kier molecular flexibility index (Phi) is 4.47. The molecule has 19 heavy (non-hydrogen) atoms. The van der Waals surface area contributed by atoms with Gasteiger partial charge in [0.25, 0.3) is 0 Å². The molecule has 0 unspecified atom stereocenters. The van der Waals surface area contributed by atoms with E-state index in [1.807, 2.05) is 36.4 Å². The van der Waals surface area contributed by atoms with Crippen LogP contribution in [0.5, 0.6) is 5.75 Å². The summed E-state index contributed by atoms with van der Waals surface area (Å²) in [4.78, 5) is 21.4. The molecule has 0 amide bonds. The molecule has 0 aromatic heterocycles. The molecule has 0 bridgehead atoms. The maximum atomic E-state index is 11.1. The third-order valence-corrected chi connectivity index (χ3v) is 3.26. The third kappa shape index (κ3) is 3.29. The Morgan fingerprint density at radius 1 is 1.11 bits per heavy atom. The lowest BCUT2D eigenvalue weighted by molar-refractivity contribution is -0.141. The Morgan fingerprint density at radius 3 is 2.42 bits per heavy atom. The van der Waals surface area contributed by atoms with Crippen molar-refractivity contribution in [3.8, 4) is 16.9 Å². The lowest BCUT2D eigenvalue weighted by Crippen LogP contribution is -2.09. The molecule has 0 saturated carbocycles. The second kappa shape index (κ2) is 6.29. The van der Waals surface area contributed by atoms with Crippen LogP contribution in [0.1, 0.15) is 5.56 Å². The minimum Gasteiger partial charge on any atom is -0.420 e. The Balaban J connectivity index is 2.37. The molecule has 2 aromatic carbocycles. The number of para-hydroxylation sites is 1. The maximum Gasteiger partial charge on any atom is 0.376 e. The van der Waals surface area contributed by atoms with Gasteiger partial charge in [-0.15, -0.1) is 0 Å². The average Bonchev–Trinajstić information content (AvgIpc) is 2.48. The van der Waals surface area contributed by atoms with E-state index in [2.05, 4.69) is 15.9 Å². The van der Waals surface area contributed by atoms with Crippen LogP contribution in [0.2, 0.25) is 0 Å². The number of hydrogen-bond donors (Lipinski definition) is 0. The average molecular weight is 319 g/mol. The predicted octanol–water partition coefficient (Wildman–Crippen LogP) is 3.35. The Hall–Kier alpha value is -1.94. The number of halogens is 1. The third-order valence-electron chi connectivity index (χ3n) is 2.61. The lowest BCUT2D eigenvalue weighted by Gasteiger charge is -2.08. The quantitative estimate of drug-likeness (QED) is 0.285. The minimum absolute atomic E-state index is 0.157. The number of benzene rings is 2. The van der Waals surface area contributed by atoms with Crippen LogP contribution >= 0.6 is 15.9 Å². The molecule has 0 fully saturated rings.